The standard InChI is InChI=1S/C14H15BrN2O3S/c1-3-10-13(15)11(17(2)16-10)8-21(20)12-7-5-4-6-9(12)14(18)19/h4-7H,3,8H2,1-2H3,(H,18,19). The number of rotatable bonds is 5. The normalized spacial score (nSPS) is 12.3. The molecule has 0 saturated heterocycles. The van der Waals surface area contributed by atoms with Gasteiger partial charge in [-0.1, -0.05) is 19.1 Å². The Morgan fingerprint density at radius 2 is 2.10 bits per heavy atom. The van der Waals surface area contributed by atoms with Crippen molar-refractivity contribution >= 4 is 32.7 Å². The lowest BCUT2D eigenvalue weighted by Crippen LogP contribution is -2.08. The van der Waals surface area contributed by atoms with Gasteiger partial charge in [0, 0.05) is 7.05 Å². The minimum atomic E-state index is -1.45. The van der Waals surface area contributed by atoms with Crippen molar-refractivity contribution in [2.24, 2.45) is 7.05 Å². The van der Waals surface area contributed by atoms with Gasteiger partial charge in [0.05, 0.1) is 42.9 Å². The number of hydrogen-bond acceptors (Lipinski definition) is 3. The number of carbonyl (C=O) groups is 1. The Morgan fingerprint density at radius 1 is 1.43 bits per heavy atom. The zero-order valence-electron chi connectivity index (χ0n) is 11.7. The fourth-order valence-corrected chi connectivity index (χ4v) is 4.33. The van der Waals surface area contributed by atoms with Crippen LogP contribution in [0.1, 0.15) is 28.7 Å². The predicted molar refractivity (Wildman–Crippen MR) is 83.8 cm³/mol. The van der Waals surface area contributed by atoms with Gasteiger partial charge in [-0.3, -0.25) is 8.89 Å². The van der Waals surface area contributed by atoms with Crippen LogP contribution in [-0.2, 0) is 30.0 Å². The lowest BCUT2D eigenvalue weighted by molar-refractivity contribution is 0.0693. The van der Waals surface area contributed by atoms with Gasteiger partial charge >= 0.3 is 5.97 Å². The van der Waals surface area contributed by atoms with E-state index in [9.17, 15) is 14.1 Å². The fraction of sp³-hybridized carbons (Fsp3) is 0.286. The molecule has 0 radical (unpaired) electrons. The number of nitrogens with zero attached hydrogens (tertiary/aromatic N) is 2. The van der Waals surface area contributed by atoms with Crippen LogP contribution in [0.4, 0.5) is 0 Å². The number of halogens is 1. The first-order valence-electron chi connectivity index (χ1n) is 6.36. The summed E-state index contributed by atoms with van der Waals surface area (Å²) in [5.41, 5.74) is 1.77. The fourth-order valence-electron chi connectivity index (χ4n) is 2.02. The summed E-state index contributed by atoms with van der Waals surface area (Å²) in [7, 11) is 0.344. The summed E-state index contributed by atoms with van der Waals surface area (Å²) >= 11 is 3.48. The third-order valence-electron chi connectivity index (χ3n) is 3.13. The SMILES string of the molecule is CCc1nn(C)c(CS(=O)c2ccccc2C(=O)O)c1Br. The minimum Gasteiger partial charge on any atom is -0.478 e. The maximum absolute atomic E-state index is 12.5. The van der Waals surface area contributed by atoms with Gasteiger partial charge in [0.25, 0.3) is 0 Å². The van der Waals surface area contributed by atoms with Crippen molar-refractivity contribution in [2.75, 3.05) is 0 Å². The van der Waals surface area contributed by atoms with E-state index in [1.165, 1.54) is 6.07 Å². The molecule has 0 aliphatic heterocycles. The van der Waals surface area contributed by atoms with Crippen molar-refractivity contribution in [3.63, 3.8) is 0 Å². The van der Waals surface area contributed by atoms with Gasteiger partial charge in [0.2, 0.25) is 0 Å². The van der Waals surface area contributed by atoms with Crippen molar-refractivity contribution in [3.8, 4) is 0 Å². The topological polar surface area (TPSA) is 72.2 Å². The second-order valence-corrected chi connectivity index (χ2v) is 6.69. The number of hydrogen-bond donors (Lipinski definition) is 1. The molecule has 1 aromatic heterocycles. The molecule has 1 atom stereocenters. The number of benzene rings is 1. The van der Waals surface area contributed by atoms with Crippen LogP contribution in [0.5, 0.6) is 0 Å². The van der Waals surface area contributed by atoms with Gasteiger partial charge in [0.1, 0.15) is 0 Å². The molecule has 0 saturated carbocycles. The molecular weight excluding hydrogens is 356 g/mol. The van der Waals surface area contributed by atoms with Crippen LogP contribution in [0, 0.1) is 0 Å². The number of carboxylic acids is 1. The number of aryl methyl sites for hydroxylation is 2. The van der Waals surface area contributed by atoms with Gasteiger partial charge in [-0.15, -0.1) is 0 Å². The number of aromatic carboxylic acids is 1. The van der Waals surface area contributed by atoms with E-state index >= 15 is 0 Å². The van der Waals surface area contributed by atoms with Crippen LogP contribution in [-0.4, -0.2) is 25.1 Å². The van der Waals surface area contributed by atoms with Crippen molar-refractivity contribution in [1.29, 1.82) is 0 Å². The molecule has 21 heavy (non-hydrogen) atoms. The van der Waals surface area contributed by atoms with E-state index in [0.717, 1.165) is 22.3 Å². The third kappa shape index (κ3) is 3.24. The molecule has 0 fully saturated rings. The van der Waals surface area contributed by atoms with Gasteiger partial charge < -0.3 is 5.11 Å². The summed E-state index contributed by atoms with van der Waals surface area (Å²) in [4.78, 5) is 11.5. The van der Waals surface area contributed by atoms with E-state index < -0.39 is 16.8 Å². The summed E-state index contributed by atoms with van der Waals surface area (Å²) in [5.74, 6) is -0.855. The van der Waals surface area contributed by atoms with E-state index in [4.69, 9.17) is 0 Å². The zero-order valence-corrected chi connectivity index (χ0v) is 14.1. The highest BCUT2D eigenvalue weighted by Gasteiger charge is 2.19. The highest BCUT2D eigenvalue weighted by molar-refractivity contribution is 9.10. The van der Waals surface area contributed by atoms with E-state index in [0.29, 0.717) is 4.90 Å². The minimum absolute atomic E-state index is 0.0739. The first-order chi connectivity index (χ1) is 9.95. The molecule has 2 aromatic rings. The summed E-state index contributed by atoms with van der Waals surface area (Å²) in [5, 5.41) is 13.5. The maximum atomic E-state index is 12.5. The highest BCUT2D eigenvalue weighted by Crippen LogP contribution is 2.25. The van der Waals surface area contributed by atoms with Gasteiger partial charge in [-0.05, 0) is 34.5 Å². The monoisotopic (exact) mass is 370 g/mol. The van der Waals surface area contributed by atoms with E-state index in [2.05, 4.69) is 21.0 Å². The summed E-state index contributed by atoms with van der Waals surface area (Å²) in [6.45, 7) is 1.99. The molecular formula is C14H15BrN2O3S. The Bertz CT molecular complexity index is 712. The molecule has 0 spiro atoms. The molecule has 0 bridgehead atoms. The first kappa shape index (κ1) is 15.9. The van der Waals surface area contributed by atoms with E-state index in [1.807, 2.05) is 6.92 Å². The van der Waals surface area contributed by atoms with Crippen molar-refractivity contribution in [1.82, 2.24) is 9.78 Å². The van der Waals surface area contributed by atoms with Crippen LogP contribution in [0.25, 0.3) is 0 Å². The Balaban J connectivity index is 2.35. The highest BCUT2D eigenvalue weighted by atomic mass is 79.9. The molecule has 1 heterocycles. The Hall–Kier alpha value is -1.47. The molecule has 0 aliphatic rings. The molecule has 2 rings (SSSR count). The predicted octanol–water partition coefficient (Wildman–Crippen LogP) is 2.75. The van der Waals surface area contributed by atoms with E-state index in [1.54, 1.807) is 29.9 Å². The summed E-state index contributed by atoms with van der Waals surface area (Å²) in [6, 6.07) is 6.37. The van der Waals surface area contributed by atoms with Crippen molar-refractivity contribution < 1.29 is 14.1 Å². The molecule has 1 aromatic carbocycles. The third-order valence-corrected chi connectivity index (χ3v) is 5.43. The van der Waals surface area contributed by atoms with Gasteiger partial charge in [-0.25, -0.2) is 4.79 Å². The average molecular weight is 371 g/mol. The van der Waals surface area contributed by atoms with Crippen molar-refractivity contribution in [3.05, 3.63) is 45.7 Å². The molecule has 1 N–H and O–H groups in total. The van der Waals surface area contributed by atoms with Crippen LogP contribution in [0.3, 0.4) is 0 Å². The lowest BCUT2D eigenvalue weighted by Gasteiger charge is -2.07. The molecule has 1 unspecified atom stereocenters. The van der Waals surface area contributed by atoms with Gasteiger partial charge in [0.15, 0.2) is 0 Å². The summed E-state index contributed by atoms with van der Waals surface area (Å²) in [6.07, 6.45) is 0.771. The average Bonchev–Trinajstić information content (AvgIpc) is 2.74. The Kier molecular flexibility index (Phi) is 4.95. The first-order valence-corrected chi connectivity index (χ1v) is 8.47. The molecule has 7 heteroatoms. The molecule has 112 valence electrons. The van der Waals surface area contributed by atoms with E-state index in [-0.39, 0.29) is 11.3 Å². The van der Waals surface area contributed by atoms with Crippen LogP contribution in [0.2, 0.25) is 0 Å². The Morgan fingerprint density at radius 3 is 2.67 bits per heavy atom. The largest absolute Gasteiger partial charge is 0.478 e. The number of aromatic nitrogens is 2. The Labute approximate surface area is 133 Å². The number of carboxylic acid groups (broad SMARTS) is 1. The van der Waals surface area contributed by atoms with Gasteiger partial charge in [-0.2, -0.15) is 5.10 Å². The second kappa shape index (κ2) is 6.53. The van der Waals surface area contributed by atoms with Crippen LogP contribution < -0.4 is 0 Å². The van der Waals surface area contributed by atoms with Crippen LogP contribution in [0.15, 0.2) is 33.6 Å². The van der Waals surface area contributed by atoms with Crippen LogP contribution >= 0.6 is 15.9 Å². The zero-order chi connectivity index (χ0) is 15.6. The summed E-state index contributed by atoms with van der Waals surface area (Å²) < 4.78 is 15.1. The molecule has 0 amide bonds. The molecule has 5 nitrogen and oxygen atoms in total. The second-order valence-electron chi connectivity index (χ2n) is 4.48. The maximum Gasteiger partial charge on any atom is 0.336 e. The smallest absolute Gasteiger partial charge is 0.336 e. The van der Waals surface area contributed by atoms with Crippen molar-refractivity contribution in [2.45, 2.75) is 24.0 Å². The quantitative estimate of drug-likeness (QED) is 0.877. The molecule has 0 aliphatic carbocycles. The lowest BCUT2D eigenvalue weighted by atomic mass is 10.2.